The van der Waals surface area contributed by atoms with E-state index in [0.717, 1.165) is 38.2 Å². The number of ether oxygens (including phenoxy) is 1. The summed E-state index contributed by atoms with van der Waals surface area (Å²) >= 11 is 0. The zero-order valence-corrected chi connectivity index (χ0v) is 14.1. The van der Waals surface area contributed by atoms with Crippen molar-refractivity contribution in [1.82, 2.24) is 9.80 Å². The van der Waals surface area contributed by atoms with Crippen LogP contribution in [0.1, 0.15) is 36.2 Å². The zero-order valence-electron chi connectivity index (χ0n) is 14.1. The first-order valence-electron chi connectivity index (χ1n) is 8.53. The third-order valence-electron chi connectivity index (χ3n) is 4.61. The number of hydrogen-bond donors (Lipinski definition) is 1. The molecule has 1 amide bonds. The Morgan fingerprint density at radius 1 is 1.17 bits per heavy atom. The molecule has 1 aromatic rings. The van der Waals surface area contributed by atoms with Crippen LogP contribution < -0.4 is 5.73 Å². The van der Waals surface area contributed by atoms with Gasteiger partial charge in [0.2, 0.25) is 0 Å². The van der Waals surface area contributed by atoms with Gasteiger partial charge < -0.3 is 15.4 Å². The third-order valence-corrected chi connectivity index (χ3v) is 4.61. The number of hydrogen-bond acceptors (Lipinski definition) is 4. The van der Waals surface area contributed by atoms with Crippen LogP contribution >= 0.6 is 0 Å². The molecular formula is C18H27N3O2. The van der Waals surface area contributed by atoms with Crippen molar-refractivity contribution in [3.63, 3.8) is 0 Å². The number of carbonyl (C=O) groups excluding carboxylic acids is 1. The molecule has 5 nitrogen and oxygen atoms in total. The van der Waals surface area contributed by atoms with Gasteiger partial charge in [-0.25, -0.2) is 0 Å². The Labute approximate surface area is 138 Å². The van der Waals surface area contributed by atoms with Crippen LogP contribution in [0.2, 0.25) is 0 Å². The van der Waals surface area contributed by atoms with Crippen LogP contribution in [0.4, 0.5) is 0 Å². The highest BCUT2D eigenvalue weighted by atomic mass is 16.5. The Hall–Kier alpha value is -1.43. The van der Waals surface area contributed by atoms with E-state index in [1.54, 1.807) is 0 Å². The van der Waals surface area contributed by atoms with Crippen LogP contribution in [0.25, 0.3) is 0 Å². The smallest absolute Gasteiger partial charge is 0.253 e. The van der Waals surface area contributed by atoms with Crippen molar-refractivity contribution in [2.24, 2.45) is 5.73 Å². The quantitative estimate of drug-likeness (QED) is 0.917. The summed E-state index contributed by atoms with van der Waals surface area (Å²) in [6.07, 6.45) is 1.45. The van der Waals surface area contributed by atoms with Gasteiger partial charge in [-0.05, 0) is 38.0 Å². The number of rotatable bonds is 3. The Morgan fingerprint density at radius 3 is 2.39 bits per heavy atom. The number of nitrogens with two attached hydrogens (primary N) is 1. The van der Waals surface area contributed by atoms with Gasteiger partial charge in [0.15, 0.2) is 0 Å². The molecule has 126 valence electrons. The van der Waals surface area contributed by atoms with E-state index in [1.165, 1.54) is 5.56 Å². The lowest BCUT2D eigenvalue weighted by Gasteiger charge is -2.35. The maximum Gasteiger partial charge on any atom is 0.253 e. The molecule has 2 heterocycles. The number of nitrogens with zero attached hydrogens (tertiary/aromatic N) is 2. The molecule has 0 saturated carbocycles. The highest BCUT2D eigenvalue weighted by Gasteiger charge is 2.25. The minimum atomic E-state index is 0.0955. The number of likely N-dealkylation sites (tertiary alicyclic amines) is 1. The fourth-order valence-corrected chi connectivity index (χ4v) is 3.58. The van der Waals surface area contributed by atoms with Crippen LogP contribution in [0.15, 0.2) is 24.3 Å². The lowest BCUT2D eigenvalue weighted by Crippen LogP contribution is -2.44. The lowest BCUT2D eigenvalue weighted by atomic mass is 10.1. The topological polar surface area (TPSA) is 58.8 Å². The molecule has 3 rings (SSSR count). The molecule has 0 spiro atoms. The van der Waals surface area contributed by atoms with Gasteiger partial charge in [-0.15, -0.1) is 0 Å². The molecule has 3 atom stereocenters. The van der Waals surface area contributed by atoms with E-state index >= 15 is 0 Å². The monoisotopic (exact) mass is 317 g/mol. The number of morpholine rings is 1. The van der Waals surface area contributed by atoms with E-state index in [9.17, 15) is 4.79 Å². The standard InChI is InChI=1S/C18H27N3O2/c1-13-9-20(10-14(2)23-13)11-15-3-5-16(6-4-15)18(22)21-8-7-17(19)12-21/h3-6,13-14,17H,7-12,19H2,1-2H3/t13-,14-,17+/m1/s1. The van der Waals surface area contributed by atoms with Gasteiger partial charge in [0, 0.05) is 44.3 Å². The first-order chi connectivity index (χ1) is 11.0. The van der Waals surface area contributed by atoms with E-state index in [-0.39, 0.29) is 24.2 Å². The average Bonchev–Trinajstić information content (AvgIpc) is 2.93. The van der Waals surface area contributed by atoms with E-state index < -0.39 is 0 Å². The fourth-order valence-electron chi connectivity index (χ4n) is 3.58. The molecule has 2 aliphatic heterocycles. The first kappa shape index (κ1) is 16.4. The summed E-state index contributed by atoms with van der Waals surface area (Å²) in [7, 11) is 0. The summed E-state index contributed by atoms with van der Waals surface area (Å²) in [5.74, 6) is 0.0955. The van der Waals surface area contributed by atoms with Crippen molar-refractivity contribution in [3.05, 3.63) is 35.4 Å². The minimum Gasteiger partial charge on any atom is -0.373 e. The number of benzene rings is 1. The van der Waals surface area contributed by atoms with Crippen molar-refractivity contribution in [3.8, 4) is 0 Å². The van der Waals surface area contributed by atoms with Crippen LogP contribution in [-0.2, 0) is 11.3 Å². The molecule has 0 aromatic heterocycles. The van der Waals surface area contributed by atoms with E-state index in [1.807, 2.05) is 17.0 Å². The molecule has 0 radical (unpaired) electrons. The first-order valence-corrected chi connectivity index (χ1v) is 8.53. The molecule has 5 heteroatoms. The maximum absolute atomic E-state index is 12.4. The van der Waals surface area contributed by atoms with E-state index in [2.05, 4.69) is 30.9 Å². The van der Waals surface area contributed by atoms with Gasteiger partial charge in [-0.2, -0.15) is 0 Å². The molecule has 1 aromatic carbocycles. The van der Waals surface area contributed by atoms with E-state index in [0.29, 0.717) is 6.54 Å². The molecule has 2 fully saturated rings. The Kier molecular flexibility index (Phi) is 4.99. The summed E-state index contributed by atoms with van der Waals surface area (Å²) in [6, 6.07) is 8.13. The molecule has 2 saturated heterocycles. The Balaban J connectivity index is 1.59. The van der Waals surface area contributed by atoms with Crippen molar-refractivity contribution < 1.29 is 9.53 Å². The molecule has 0 aliphatic carbocycles. The summed E-state index contributed by atoms with van der Waals surface area (Å²) < 4.78 is 5.77. The second kappa shape index (κ2) is 6.99. The summed E-state index contributed by atoms with van der Waals surface area (Å²) in [6.45, 7) is 8.49. The average molecular weight is 317 g/mol. The number of amides is 1. The lowest BCUT2D eigenvalue weighted by molar-refractivity contribution is -0.0704. The predicted molar refractivity (Wildman–Crippen MR) is 90.2 cm³/mol. The van der Waals surface area contributed by atoms with Crippen LogP contribution in [0, 0.1) is 0 Å². The summed E-state index contributed by atoms with van der Waals surface area (Å²) in [4.78, 5) is 16.7. The van der Waals surface area contributed by atoms with E-state index in [4.69, 9.17) is 10.5 Å². The largest absolute Gasteiger partial charge is 0.373 e. The van der Waals surface area contributed by atoms with Crippen molar-refractivity contribution in [2.45, 2.75) is 45.1 Å². The third kappa shape index (κ3) is 4.10. The normalized spacial score (nSPS) is 29.0. The molecule has 0 unspecified atom stereocenters. The van der Waals surface area contributed by atoms with Gasteiger partial charge in [0.25, 0.3) is 5.91 Å². The van der Waals surface area contributed by atoms with Gasteiger partial charge >= 0.3 is 0 Å². The van der Waals surface area contributed by atoms with Crippen LogP contribution in [-0.4, -0.2) is 60.1 Å². The Bertz CT molecular complexity index is 536. The highest BCUT2D eigenvalue weighted by molar-refractivity contribution is 5.94. The second-order valence-corrected chi connectivity index (χ2v) is 6.95. The van der Waals surface area contributed by atoms with Gasteiger partial charge in [0.1, 0.15) is 0 Å². The van der Waals surface area contributed by atoms with Crippen LogP contribution in [0.3, 0.4) is 0 Å². The van der Waals surface area contributed by atoms with Gasteiger partial charge in [0.05, 0.1) is 12.2 Å². The number of carbonyl (C=O) groups is 1. The summed E-state index contributed by atoms with van der Waals surface area (Å²) in [5.41, 5.74) is 7.88. The van der Waals surface area contributed by atoms with Gasteiger partial charge in [-0.3, -0.25) is 9.69 Å². The molecule has 2 N–H and O–H groups in total. The SMILES string of the molecule is C[C@@H]1CN(Cc2ccc(C(=O)N3CC[C@H](N)C3)cc2)C[C@@H](C)O1. The minimum absolute atomic E-state index is 0.0955. The van der Waals surface area contributed by atoms with Crippen molar-refractivity contribution in [1.29, 1.82) is 0 Å². The van der Waals surface area contributed by atoms with Crippen molar-refractivity contribution in [2.75, 3.05) is 26.2 Å². The predicted octanol–water partition coefficient (Wildman–Crippen LogP) is 1.47. The second-order valence-electron chi connectivity index (χ2n) is 6.95. The molecule has 2 aliphatic rings. The Morgan fingerprint density at radius 2 is 1.83 bits per heavy atom. The van der Waals surface area contributed by atoms with Gasteiger partial charge in [-0.1, -0.05) is 12.1 Å². The molecule has 0 bridgehead atoms. The highest BCUT2D eigenvalue weighted by Crippen LogP contribution is 2.16. The molecular weight excluding hydrogens is 290 g/mol. The fraction of sp³-hybridized carbons (Fsp3) is 0.611. The van der Waals surface area contributed by atoms with Crippen LogP contribution in [0.5, 0.6) is 0 Å². The summed E-state index contributed by atoms with van der Waals surface area (Å²) in [5, 5.41) is 0. The maximum atomic E-state index is 12.4. The molecule has 23 heavy (non-hydrogen) atoms. The zero-order chi connectivity index (χ0) is 16.4. The van der Waals surface area contributed by atoms with Crippen molar-refractivity contribution >= 4 is 5.91 Å².